The van der Waals surface area contributed by atoms with Gasteiger partial charge in [0.1, 0.15) is 12.0 Å². The van der Waals surface area contributed by atoms with E-state index in [1.54, 1.807) is 6.26 Å². The Balaban J connectivity index is 1.92. The van der Waals surface area contributed by atoms with Gasteiger partial charge in [-0.1, -0.05) is 35.0 Å². The monoisotopic (exact) mass is 272 g/mol. The van der Waals surface area contributed by atoms with Gasteiger partial charge >= 0.3 is 0 Å². The molecule has 5 heteroatoms. The third kappa shape index (κ3) is 4.42. The largest absolute Gasteiger partial charge is 0.364 e. The first-order chi connectivity index (χ1) is 9.78. The summed E-state index contributed by atoms with van der Waals surface area (Å²) in [7, 11) is 0. The fraction of sp³-hybridized carbons (Fsp3) is 0.333. The van der Waals surface area contributed by atoms with Gasteiger partial charge in [-0.05, 0) is 19.4 Å². The number of hydrogen-bond donors (Lipinski definition) is 2. The second-order valence-electron chi connectivity index (χ2n) is 4.53. The number of nitrogens with one attached hydrogen (secondary N) is 2. The van der Waals surface area contributed by atoms with Gasteiger partial charge in [-0.2, -0.15) is 0 Å². The van der Waals surface area contributed by atoms with Crippen molar-refractivity contribution in [3.8, 4) is 0 Å². The van der Waals surface area contributed by atoms with Crippen LogP contribution < -0.4 is 10.6 Å². The van der Waals surface area contributed by atoms with Crippen molar-refractivity contribution in [3.63, 3.8) is 0 Å². The number of rotatable bonds is 5. The van der Waals surface area contributed by atoms with Crippen molar-refractivity contribution in [3.05, 3.63) is 53.4 Å². The predicted octanol–water partition coefficient (Wildman–Crippen LogP) is 2.24. The van der Waals surface area contributed by atoms with Crippen molar-refractivity contribution in [2.45, 2.75) is 26.9 Å². The lowest BCUT2D eigenvalue weighted by Crippen LogP contribution is -2.36. The molecule has 0 saturated carbocycles. The molecule has 5 nitrogen and oxygen atoms in total. The molecule has 1 aromatic carbocycles. The lowest BCUT2D eigenvalue weighted by atomic mass is 10.1. The van der Waals surface area contributed by atoms with Crippen LogP contribution in [0.25, 0.3) is 0 Å². The van der Waals surface area contributed by atoms with E-state index in [1.165, 1.54) is 11.1 Å². The zero-order chi connectivity index (χ0) is 14.2. The lowest BCUT2D eigenvalue weighted by Gasteiger charge is -2.10. The van der Waals surface area contributed by atoms with Gasteiger partial charge < -0.3 is 15.2 Å². The number of hydrogen-bond acceptors (Lipinski definition) is 3. The minimum atomic E-state index is 0.593. The van der Waals surface area contributed by atoms with Crippen LogP contribution in [-0.2, 0) is 13.1 Å². The van der Waals surface area contributed by atoms with E-state index >= 15 is 0 Å². The molecule has 2 aromatic rings. The van der Waals surface area contributed by atoms with Gasteiger partial charge in [0.25, 0.3) is 0 Å². The zero-order valence-corrected chi connectivity index (χ0v) is 11.9. The van der Waals surface area contributed by atoms with Crippen LogP contribution in [0.1, 0.15) is 23.7 Å². The van der Waals surface area contributed by atoms with Crippen LogP contribution in [0.15, 0.2) is 46.1 Å². The summed E-state index contributed by atoms with van der Waals surface area (Å²) in [6.07, 6.45) is 1.56. The number of aliphatic imine (C=N–C) groups is 1. The standard InChI is InChI=1S/C15H20N4O/c1-3-16-15(18-11-14-8-9-20-19-14)17-10-13-6-4-12(2)5-7-13/h4-9H,3,10-11H2,1-2H3,(H2,16,17,18). The molecule has 2 N–H and O–H groups in total. The number of aryl methyl sites for hydroxylation is 1. The maximum atomic E-state index is 4.80. The summed E-state index contributed by atoms with van der Waals surface area (Å²) >= 11 is 0. The van der Waals surface area contributed by atoms with Gasteiger partial charge in [0.15, 0.2) is 5.96 Å². The van der Waals surface area contributed by atoms with Crippen molar-refractivity contribution < 1.29 is 4.52 Å². The molecule has 0 aliphatic heterocycles. The van der Waals surface area contributed by atoms with Gasteiger partial charge in [-0.3, -0.25) is 0 Å². The van der Waals surface area contributed by atoms with Crippen molar-refractivity contribution in [1.82, 2.24) is 15.8 Å². The van der Waals surface area contributed by atoms with Gasteiger partial charge in [-0.25, -0.2) is 4.99 Å². The molecule has 1 aromatic heterocycles. The molecular formula is C15H20N4O. The van der Waals surface area contributed by atoms with E-state index in [0.29, 0.717) is 13.1 Å². The topological polar surface area (TPSA) is 62.5 Å². The molecule has 0 unspecified atom stereocenters. The van der Waals surface area contributed by atoms with E-state index < -0.39 is 0 Å². The van der Waals surface area contributed by atoms with Crippen LogP contribution >= 0.6 is 0 Å². The molecule has 1 heterocycles. The smallest absolute Gasteiger partial charge is 0.191 e. The Morgan fingerprint density at radius 2 is 2.00 bits per heavy atom. The molecule has 0 saturated heterocycles. The van der Waals surface area contributed by atoms with Crippen LogP contribution in [0.3, 0.4) is 0 Å². The van der Waals surface area contributed by atoms with Crippen molar-refractivity contribution in [2.75, 3.05) is 6.54 Å². The molecule has 0 fully saturated rings. The highest BCUT2D eigenvalue weighted by Gasteiger charge is 2.00. The Kier molecular flexibility index (Phi) is 5.17. The van der Waals surface area contributed by atoms with Crippen LogP contribution in [0.4, 0.5) is 0 Å². The summed E-state index contributed by atoms with van der Waals surface area (Å²) in [5.41, 5.74) is 3.30. The third-order valence-electron chi connectivity index (χ3n) is 2.81. The zero-order valence-electron chi connectivity index (χ0n) is 11.9. The molecule has 0 radical (unpaired) electrons. The summed E-state index contributed by atoms with van der Waals surface area (Å²) in [5.74, 6) is 0.774. The van der Waals surface area contributed by atoms with E-state index in [2.05, 4.69) is 52.0 Å². The molecule has 106 valence electrons. The summed E-state index contributed by atoms with van der Waals surface area (Å²) in [5, 5.41) is 10.3. The van der Waals surface area contributed by atoms with E-state index in [9.17, 15) is 0 Å². The molecule has 0 aliphatic carbocycles. The Morgan fingerprint density at radius 3 is 2.65 bits per heavy atom. The first kappa shape index (κ1) is 14.1. The Bertz CT molecular complexity index is 532. The van der Waals surface area contributed by atoms with E-state index in [1.807, 2.05) is 13.0 Å². The molecule has 0 spiro atoms. The lowest BCUT2D eigenvalue weighted by molar-refractivity contribution is 0.410. The molecule has 0 atom stereocenters. The molecule has 2 rings (SSSR count). The predicted molar refractivity (Wildman–Crippen MR) is 79.3 cm³/mol. The molecule has 0 aliphatic rings. The first-order valence-corrected chi connectivity index (χ1v) is 6.75. The normalized spacial score (nSPS) is 11.4. The van der Waals surface area contributed by atoms with E-state index in [-0.39, 0.29) is 0 Å². The molecule has 0 bridgehead atoms. The number of benzene rings is 1. The minimum Gasteiger partial charge on any atom is -0.364 e. The fourth-order valence-corrected chi connectivity index (χ4v) is 1.71. The molecular weight excluding hydrogens is 252 g/mol. The molecule has 0 amide bonds. The fourth-order valence-electron chi connectivity index (χ4n) is 1.71. The average molecular weight is 272 g/mol. The van der Waals surface area contributed by atoms with Crippen LogP contribution in [-0.4, -0.2) is 17.7 Å². The summed E-state index contributed by atoms with van der Waals surface area (Å²) < 4.78 is 4.80. The highest BCUT2D eigenvalue weighted by atomic mass is 16.5. The van der Waals surface area contributed by atoms with E-state index in [4.69, 9.17) is 4.52 Å². The highest BCUT2D eigenvalue weighted by molar-refractivity contribution is 5.79. The third-order valence-corrected chi connectivity index (χ3v) is 2.81. The van der Waals surface area contributed by atoms with Gasteiger partial charge in [0.2, 0.25) is 0 Å². The second-order valence-corrected chi connectivity index (χ2v) is 4.53. The second kappa shape index (κ2) is 7.33. The number of aromatic nitrogens is 1. The number of guanidine groups is 1. The molecule has 20 heavy (non-hydrogen) atoms. The summed E-state index contributed by atoms with van der Waals surface area (Å²) in [4.78, 5) is 4.55. The maximum absolute atomic E-state index is 4.80. The van der Waals surface area contributed by atoms with Crippen LogP contribution in [0.2, 0.25) is 0 Å². The SMILES string of the molecule is CCNC(=NCc1ccc(C)cc1)NCc1ccon1. The van der Waals surface area contributed by atoms with Crippen LogP contribution in [0.5, 0.6) is 0 Å². The average Bonchev–Trinajstić information content (AvgIpc) is 2.97. The summed E-state index contributed by atoms with van der Waals surface area (Å²) in [6.45, 7) is 6.18. The minimum absolute atomic E-state index is 0.593. The van der Waals surface area contributed by atoms with Gasteiger partial charge in [0.05, 0.1) is 13.1 Å². The van der Waals surface area contributed by atoms with Crippen LogP contribution in [0, 0.1) is 6.92 Å². The van der Waals surface area contributed by atoms with Gasteiger partial charge in [0, 0.05) is 12.6 Å². The number of nitrogens with zero attached hydrogens (tertiary/aromatic N) is 2. The Labute approximate surface area is 119 Å². The Morgan fingerprint density at radius 1 is 1.20 bits per heavy atom. The van der Waals surface area contributed by atoms with Crippen molar-refractivity contribution in [1.29, 1.82) is 0 Å². The first-order valence-electron chi connectivity index (χ1n) is 6.75. The van der Waals surface area contributed by atoms with E-state index in [0.717, 1.165) is 18.2 Å². The highest BCUT2D eigenvalue weighted by Crippen LogP contribution is 2.04. The quantitative estimate of drug-likeness (QED) is 0.647. The maximum Gasteiger partial charge on any atom is 0.191 e. The van der Waals surface area contributed by atoms with Crippen molar-refractivity contribution in [2.24, 2.45) is 4.99 Å². The van der Waals surface area contributed by atoms with Gasteiger partial charge in [-0.15, -0.1) is 0 Å². The summed E-state index contributed by atoms with van der Waals surface area (Å²) in [6, 6.07) is 10.2. The Hall–Kier alpha value is -2.30. The van der Waals surface area contributed by atoms with Crippen molar-refractivity contribution >= 4 is 5.96 Å².